The summed E-state index contributed by atoms with van der Waals surface area (Å²) >= 11 is 0. The molecule has 2 heteroatoms. The normalized spacial score (nSPS) is 20.5. The standard InChI is InChI=1S/C15H24O2/c1-12-7-5-6-8-13(10-9-12)11-14(16)17-15(2,3)4/h7,11H,5-6,8-10H2,1-4H3. The Hall–Kier alpha value is -1.05. The van der Waals surface area contributed by atoms with Crippen molar-refractivity contribution in [1.29, 1.82) is 0 Å². The van der Waals surface area contributed by atoms with Crippen molar-refractivity contribution in [3.05, 3.63) is 23.3 Å². The molecule has 1 aliphatic carbocycles. The van der Waals surface area contributed by atoms with Crippen LogP contribution in [0.5, 0.6) is 0 Å². The van der Waals surface area contributed by atoms with Gasteiger partial charge in [-0.05, 0) is 59.8 Å². The maximum absolute atomic E-state index is 11.7. The summed E-state index contributed by atoms with van der Waals surface area (Å²) in [6.45, 7) is 7.85. The molecule has 96 valence electrons. The van der Waals surface area contributed by atoms with Crippen LogP contribution in [0.4, 0.5) is 0 Å². The number of hydrogen-bond acceptors (Lipinski definition) is 2. The molecule has 0 atom stereocenters. The minimum Gasteiger partial charge on any atom is -0.457 e. The van der Waals surface area contributed by atoms with E-state index in [9.17, 15) is 4.79 Å². The second-order valence-corrected chi connectivity index (χ2v) is 5.78. The number of carbonyl (C=O) groups excluding carboxylic acids is 1. The van der Waals surface area contributed by atoms with E-state index in [-0.39, 0.29) is 5.97 Å². The minimum atomic E-state index is -0.397. The fraction of sp³-hybridized carbons (Fsp3) is 0.667. The van der Waals surface area contributed by atoms with Gasteiger partial charge in [0.05, 0.1) is 0 Å². The molecule has 0 saturated carbocycles. The number of hydrogen-bond donors (Lipinski definition) is 0. The first kappa shape index (κ1) is 14.0. The summed E-state index contributed by atoms with van der Waals surface area (Å²) in [4.78, 5) is 11.7. The smallest absolute Gasteiger partial charge is 0.331 e. The number of carbonyl (C=O) groups is 1. The summed E-state index contributed by atoms with van der Waals surface area (Å²) in [7, 11) is 0. The quantitative estimate of drug-likeness (QED) is 0.388. The molecule has 0 saturated heterocycles. The van der Waals surface area contributed by atoms with Gasteiger partial charge in [-0.15, -0.1) is 0 Å². The topological polar surface area (TPSA) is 26.3 Å². The molecule has 0 fully saturated rings. The van der Waals surface area contributed by atoms with Crippen LogP contribution in [0.2, 0.25) is 0 Å². The Bertz CT molecular complexity index is 329. The SMILES string of the molecule is CC1=CCCCC(=CC(=O)OC(C)(C)C)CC1. The van der Waals surface area contributed by atoms with Crippen LogP contribution in [0.1, 0.15) is 59.8 Å². The predicted octanol–water partition coefficient (Wildman–Crippen LogP) is 4.16. The molecule has 0 amide bonds. The third kappa shape index (κ3) is 6.30. The van der Waals surface area contributed by atoms with Crippen molar-refractivity contribution in [3.8, 4) is 0 Å². The van der Waals surface area contributed by atoms with Gasteiger partial charge < -0.3 is 4.74 Å². The van der Waals surface area contributed by atoms with Gasteiger partial charge in [0.2, 0.25) is 0 Å². The van der Waals surface area contributed by atoms with Crippen molar-refractivity contribution < 1.29 is 9.53 Å². The van der Waals surface area contributed by atoms with Crippen LogP contribution in [0.25, 0.3) is 0 Å². The lowest BCUT2D eigenvalue weighted by Gasteiger charge is -2.19. The van der Waals surface area contributed by atoms with E-state index in [1.54, 1.807) is 6.08 Å². The van der Waals surface area contributed by atoms with E-state index in [2.05, 4.69) is 13.0 Å². The molecule has 17 heavy (non-hydrogen) atoms. The Labute approximate surface area is 105 Å². The molecule has 0 aromatic carbocycles. The average molecular weight is 236 g/mol. The van der Waals surface area contributed by atoms with Gasteiger partial charge in [0, 0.05) is 6.08 Å². The van der Waals surface area contributed by atoms with Crippen LogP contribution >= 0.6 is 0 Å². The predicted molar refractivity (Wildman–Crippen MR) is 70.8 cm³/mol. The van der Waals surface area contributed by atoms with E-state index < -0.39 is 5.60 Å². The highest BCUT2D eigenvalue weighted by atomic mass is 16.6. The first-order valence-electron chi connectivity index (χ1n) is 6.45. The van der Waals surface area contributed by atoms with Crippen LogP contribution in [-0.4, -0.2) is 11.6 Å². The molecular formula is C15H24O2. The number of allylic oxidation sites excluding steroid dienone is 3. The summed E-state index contributed by atoms with van der Waals surface area (Å²) in [6.07, 6.45) is 9.33. The summed E-state index contributed by atoms with van der Waals surface area (Å²) in [5.41, 5.74) is 2.26. The van der Waals surface area contributed by atoms with Crippen LogP contribution < -0.4 is 0 Å². The Morgan fingerprint density at radius 3 is 2.65 bits per heavy atom. The van der Waals surface area contributed by atoms with Gasteiger partial charge in [0.15, 0.2) is 0 Å². The molecule has 0 radical (unpaired) electrons. The number of ether oxygens (including phenoxy) is 1. The van der Waals surface area contributed by atoms with Crippen molar-refractivity contribution >= 4 is 5.97 Å². The van der Waals surface area contributed by atoms with E-state index >= 15 is 0 Å². The van der Waals surface area contributed by atoms with Gasteiger partial charge in [0.1, 0.15) is 5.60 Å². The molecule has 2 nitrogen and oxygen atoms in total. The molecule has 0 spiro atoms. The zero-order valence-electron chi connectivity index (χ0n) is 11.5. The zero-order chi connectivity index (χ0) is 12.9. The highest BCUT2D eigenvalue weighted by Gasteiger charge is 2.15. The van der Waals surface area contributed by atoms with Crippen molar-refractivity contribution in [2.75, 3.05) is 0 Å². The van der Waals surface area contributed by atoms with Gasteiger partial charge in [-0.2, -0.15) is 0 Å². The Balaban J connectivity index is 2.59. The third-order valence-electron chi connectivity index (χ3n) is 2.76. The molecule has 0 unspecified atom stereocenters. The first-order chi connectivity index (χ1) is 7.87. The van der Waals surface area contributed by atoms with Crippen LogP contribution in [-0.2, 0) is 9.53 Å². The minimum absolute atomic E-state index is 0.199. The molecule has 0 heterocycles. The van der Waals surface area contributed by atoms with Crippen molar-refractivity contribution in [2.45, 2.75) is 65.4 Å². The van der Waals surface area contributed by atoms with E-state index in [0.29, 0.717) is 0 Å². The number of rotatable bonds is 1. The Morgan fingerprint density at radius 2 is 2.00 bits per heavy atom. The number of esters is 1. The molecule has 0 bridgehead atoms. The molecular weight excluding hydrogens is 212 g/mol. The van der Waals surface area contributed by atoms with Crippen LogP contribution in [0, 0.1) is 0 Å². The van der Waals surface area contributed by atoms with Gasteiger partial charge >= 0.3 is 5.97 Å². The van der Waals surface area contributed by atoms with E-state index in [1.807, 2.05) is 20.8 Å². The van der Waals surface area contributed by atoms with E-state index in [0.717, 1.165) is 32.1 Å². The van der Waals surface area contributed by atoms with Gasteiger partial charge in [-0.25, -0.2) is 4.79 Å². The van der Waals surface area contributed by atoms with Crippen LogP contribution in [0.3, 0.4) is 0 Å². The highest BCUT2D eigenvalue weighted by molar-refractivity contribution is 5.83. The molecule has 1 aliphatic rings. The monoisotopic (exact) mass is 236 g/mol. The zero-order valence-corrected chi connectivity index (χ0v) is 11.5. The maximum atomic E-state index is 11.7. The van der Waals surface area contributed by atoms with Gasteiger partial charge in [-0.3, -0.25) is 0 Å². The molecule has 0 aromatic heterocycles. The highest BCUT2D eigenvalue weighted by Crippen LogP contribution is 2.22. The Kier molecular flexibility index (Phi) is 4.98. The summed E-state index contributed by atoms with van der Waals surface area (Å²) in [5.74, 6) is -0.199. The molecule has 1 rings (SSSR count). The van der Waals surface area contributed by atoms with Gasteiger partial charge in [-0.1, -0.05) is 17.2 Å². The van der Waals surface area contributed by atoms with Crippen molar-refractivity contribution in [3.63, 3.8) is 0 Å². The summed E-state index contributed by atoms with van der Waals surface area (Å²) in [6, 6.07) is 0. The van der Waals surface area contributed by atoms with Gasteiger partial charge in [0.25, 0.3) is 0 Å². The lowest BCUT2D eigenvalue weighted by atomic mass is 9.96. The lowest BCUT2D eigenvalue weighted by molar-refractivity contribution is -0.148. The molecule has 0 aliphatic heterocycles. The van der Waals surface area contributed by atoms with Crippen LogP contribution in [0.15, 0.2) is 23.3 Å². The maximum Gasteiger partial charge on any atom is 0.331 e. The summed E-state index contributed by atoms with van der Waals surface area (Å²) in [5, 5.41) is 0. The van der Waals surface area contributed by atoms with E-state index in [4.69, 9.17) is 4.74 Å². The van der Waals surface area contributed by atoms with Crippen molar-refractivity contribution in [2.24, 2.45) is 0 Å². The summed E-state index contributed by atoms with van der Waals surface area (Å²) < 4.78 is 5.31. The second kappa shape index (κ2) is 6.04. The third-order valence-corrected chi connectivity index (χ3v) is 2.76. The molecule has 0 N–H and O–H groups in total. The lowest BCUT2D eigenvalue weighted by Crippen LogP contribution is -2.22. The molecule has 0 aromatic rings. The van der Waals surface area contributed by atoms with E-state index in [1.165, 1.54) is 11.1 Å². The fourth-order valence-corrected chi connectivity index (χ4v) is 1.90. The Morgan fingerprint density at radius 1 is 1.29 bits per heavy atom. The van der Waals surface area contributed by atoms with Crippen molar-refractivity contribution in [1.82, 2.24) is 0 Å². The average Bonchev–Trinajstić information content (AvgIpc) is 2.14. The second-order valence-electron chi connectivity index (χ2n) is 5.78. The largest absolute Gasteiger partial charge is 0.457 e. The fourth-order valence-electron chi connectivity index (χ4n) is 1.90. The first-order valence-corrected chi connectivity index (χ1v) is 6.45.